The van der Waals surface area contributed by atoms with Crippen LogP contribution in [0.15, 0.2) is 0 Å². The minimum atomic E-state index is -2.48. The van der Waals surface area contributed by atoms with E-state index in [1.807, 2.05) is 13.8 Å². The Morgan fingerprint density at radius 2 is 2.11 bits per heavy atom. The van der Waals surface area contributed by atoms with Crippen molar-refractivity contribution in [3.8, 4) is 0 Å². The second-order valence-electron chi connectivity index (χ2n) is 2.57. The highest BCUT2D eigenvalue weighted by molar-refractivity contribution is 7.38. The minimum Gasteiger partial charge on any atom is -0.345 e. The van der Waals surface area contributed by atoms with Crippen LogP contribution in [-0.4, -0.2) is 10.7 Å². The summed E-state index contributed by atoms with van der Waals surface area (Å²) in [4.78, 5) is 8.49. The molecular weight excluding hydrogens is 137 g/mol. The Bertz CT molecular complexity index is 105. The molecule has 4 heteroatoms. The van der Waals surface area contributed by atoms with Gasteiger partial charge in [-0.05, 0) is 12.3 Å². The van der Waals surface area contributed by atoms with Crippen LogP contribution in [0.25, 0.3) is 0 Å². The first-order valence-electron chi connectivity index (χ1n) is 3.02. The van der Waals surface area contributed by atoms with Crippen LogP contribution in [0.5, 0.6) is 0 Å². The first-order chi connectivity index (χ1) is 4.04. The van der Waals surface area contributed by atoms with Crippen molar-refractivity contribution in [2.45, 2.75) is 26.1 Å². The maximum atomic E-state index is 10.3. The lowest BCUT2D eigenvalue weighted by molar-refractivity contribution is 0.468. The maximum Gasteiger partial charge on any atom is 0.205 e. The van der Waals surface area contributed by atoms with Crippen LogP contribution in [0.1, 0.15) is 20.3 Å². The highest BCUT2D eigenvalue weighted by Gasteiger charge is 2.09. The molecule has 0 amide bonds. The third-order valence-corrected chi connectivity index (χ3v) is 1.91. The van der Waals surface area contributed by atoms with Crippen molar-refractivity contribution in [3.63, 3.8) is 0 Å². The topological polar surface area (TPSA) is 63.3 Å². The molecule has 0 spiro atoms. The van der Waals surface area contributed by atoms with Gasteiger partial charge < -0.3 is 10.6 Å². The quantitative estimate of drug-likeness (QED) is 0.586. The molecule has 56 valence electrons. The van der Waals surface area contributed by atoms with Crippen molar-refractivity contribution in [3.05, 3.63) is 0 Å². The van der Waals surface area contributed by atoms with Gasteiger partial charge in [0.2, 0.25) is 8.03 Å². The van der Waals surface area contributed by atoms with Gasteiger partial charge in [-0.3, -0.25) is 4.57 Å². The largest absolute Gasteiger partial charge is 0.345 e. The zero-order chi connectivity index (χ0) is 7.44. The van der Waals surface area contributed by atoms with Crippen molar-refractivity contribution in [2.24, 2.45) is 11.7 Å². The summed E-state index contributed by atoms with van der Waals surface area (Å²) >= 11 is 0. The molecular formula is C5H14NO2P. The molecule has 0 bridgehead atoms. The highest BCUT2D eigenvalue weighted by atomic mass is 31.1. The van der Waals surface area contributed by atoms with Gasteiger partial charge in [0.25, 0.3) is 0 Å². The van der Waals surface area contributed by atoms with Gasteiger partial charge in [-0.2, -0.15) is 0 Å². The minimum absolute atomic E-state index is 0.404. The van der Waals surface area contributed by atoms with Crippen LogP contribution in [0.3, 0.4) is 0 Å². The summed E-state index contributed by atoms with van der Waals surface area (Å²) in [5.41, 5.74) is 5.30. The van der Waals surface area contributed by atoms with E-state index in [0.29, 0.717) is 12.3 Å². The number of hydrogen-bond acceptors (Lipinski definition) is 2. The Morgan fingerprint density at radius 3 is 2.22 bits per heavy atom. The van der Waals surface area contributed by atoms with Crippen LogP contribution >= 0.6 is 8.03 Å². The van der Waals surface area contributed by atoms with E-state index in [1.54, 1.807) is 0 Å². The number of rotatable bonds is 3. The normalized spacial score (nSPS) is 17.9. The molecule has 9 heavy (non-hydrogen) atoms. The Kier molecular flexibility index (Phi) is 4.11. The fourth-order valence-electron chi connectivity index (χ4n) is 0.609. The lowest BCUT2D eigenvalue weighted by atomic mass is 10.1. The van der Waals surface area contributed by atoms with Gasteiger partial charge in [0.15, 0.2) is 0 Å². The van der Waals surface area contributed by atoms with Crippen LogP contribution in [0, 0.1) is 5.92 Å². The molecule has 0 aromatic rings. The van der Waals surface area contributed by atoms with E-state index in [0.717, 1.165) is 0 Å². The van der Waals surface area contributed by atoms with Crippen LogP contribution in [-0.2, 0) is 4.57 Å². The first kappa shape index (κ1) is 9.15. The Balaban J connectivity index is 3.50. The highest BCUT2D eigenvalue weighted by Crippen LogP contribution is 2.22. The van der Waals surface area contributed by atoms with Crippen molar-refractivity contribution < 1.29 is 9.46 Å². The van der Waals surface area contributed by atoms with Gasteiger partial charge >= 0.3 is 0 Å². The molecule has 3 nitrogen and oxygen atoms in total. The standard InChI is InChI=1S/C5H14NO2P/c1-4(2)3-5(6)9(7)8/h4-5,9H,3,6H2,1-2H3,(H,7,8). The second kappa shape index (κ2) is 4.04. The van der Waals surface area contributed by atoms with E-state index >= 15 is 0 Å². The molecule has 0 saturated carbocycles. The smallest absolute Gasteiger partial charge is 0.205 e. The average Bonchev–Trinajstić information content (AvgIpc) is 1.63. The fourth-order valence-corrected chi connectivity index (χ4v) is 1.28. The van der Waals surface area contributed by atoms with Gasteiger partial charge in [-0.1, -0.05) is 13.8 Å². The summed E-state index contributed by atoms with van der Waals surface area (Å²) in [6, 6.07) is 0. The third kappa shape index (κ3) is 4.64. The predicted molar refractivity (Wildman–Crippen MR) is 38.7 cm³/mol. The zero-order valence-electron chi connectivity index (χ0n) is 5.79. The molecule has 2 unspecified atom stereocenters. The van der Waals surface area contributed by atoms with Crippen LogP contribution in [0.4, 0.5) is 0 Å². The third-order valence-electron chi connectivity index (χ3n) is 1.04. The molecule has 0 radical (unpaired) electrons. The SMILES string of the molecule is CC(C)CC(N)[PH](=O)O. The van der Waals surface area contributed by atoms with Crippen molar-refractivity contribution in [1.82, 2.24) is 0 Å². The van der Waals surface area contributed by atoms with Crippen LogP contribution in [0.2, 0.25) is 0 Å². The molecule has 0 heterocycles. The van der Waals surface area contributed by atoms with Gasteiger partial charge in [0, 0.05) is 0 Å². The van der Waals surface area contributed by atoms with Crippen molar-refractivity contribution in [2.75, 3.05) is 0 Å². The molecule has 0 aliphatic rings. The van der Waals surface area contributed by atoms with E-state index in [1.165, 1.54) is 0 Å². The lowest BCUT2D eigenvalue weighted by Crippen LogP contribution is -2.17. The summed E-state index contributed by atoms with van der Waals surface area (Å²) in [6.45, 7) is 3.95. The monoisotopic (exact) mass is 151 g/mol. The number of nitrogens with two attached hydrogens (primary N) is 1. The van der Waals surface area contributed by atoms with Crippen LogP contribution < -0.4 is 5.73 Å². The second-order valence-corrected chi connectivity index (χ2v) is 3.99. The predicted octanol–water partition coefficient (Wildman–Crippen LogP) is 0.784. The number of hydrogen-bond donors (Lipinski definition) is 2. The summed E-state index contributed by atoms with van der Waals surface area (Å²) in [7, 11) is -2.48. The van der Waals surface area contributed by atoms with E-state index < -0.39 is 13.8 Å². The lowest BCUT2D eigenvalue weighted by Gasteiger charge is -2.08. The maximum absolute atomic E-state index is 10.3. The van der Waals surface area contributed by atoms with Gasteiger partial charge in [-0.15, -0.1) is 0 Å². The molecule has 0 aromatic heterocycles. The van der Waals surface area contributed by atoms with Gasteiger partial charge in [0.1, 0.15) is 0 Å². The molecule has 0 fully saturated rings. The first-order valence-corrected chi connectivity index (χ1v) is 4.45. The van der Waals surface area contributed by atoms with Crippen molar-refractivity contribution in [1.29, 1.82) is 0 Å². The molecule has 2 atom stereocenters. The van der Waals surface area contributed by atoms with Crippen molar-refractivity contribution >= 4 is 8.03 Å². The van der Waals surface area contributed by atoms with E-state index in [-0.39, 0.29) is 0 Å². The molecule has 0 aromatic carbocycles. The Labute approximate surface area is 56.1 Å². The summed E-state index contributed by atoms with van der Waals surface area (Å²) in [5, 5.41) is 0. The summed E-state index contributed by atoms with van der Waals surface area (Å²) in [5.74, 6) is -0.101. The molecule has 0 aliphatic carbocycles. The zero-order valence-corrected chi connectivity index (χ0v) is 6.79. The van der Waals surface area contributed by atoms with Gasteiger partial charge in [0.05, 0.1) is 5.78 Å². The summed E-state index contributed by atoms with van der Waals surface area (Å²) in [6.07, 6.45) is 0.633. The molecule has 0 saturated heterocycles. The average molecular weight is 151 g/mol. The van der Waals surface area contributed by atoms with Gasteiger partial charge in [-0.25, -0.2) is 0 Å². The molecule has 3 N–H and O–H groups in total. The molecule has 0 aliphatic heterocycles. The van der Waals surface area contributed by atoms with E-state index in [4.69, 9.17) is 10.6 Å². The Hall–Kier alpha value is 0.150. The summed E-state index contributed by atoms with van der Waals surface area (Å²) < 4.78 is 10.3. The Morgan fingerprint density at radius 1 is 1.67 bits per heavy atom. The molecule has 0 rings (SSSR count). The van der Waals surface area contributed by atoms with E-state index in [9.17, 15) is 4.57 Å². The van der Waals surface area contributed by atoms with E-state index in [2.05, 4.69) is 0 Å². The fraction of sp³-hybridized carbons (Fsp3) is 1.00.